The molecule has 0 radical (unpaired) electrons. The molecule has 1 saturated heterocycles. The number of fused-ring (bicyclic) bond motifs is 2. The Labute approximate surface area is 174 Å². The molecule has 0 spiro atoms. The van der Waals surface area contributed by atoms with Crippen LogP contribution in [0.4, 0.5) is 0 Å². The first-order valence-corrected chi connectivity index (χ1v) is 10.3. The zero-order valence-corrected chi connectivity index (χ0v) is 16.6. The van der Waals surface area contributed by atoms with Crippen LogP contribution in [0.3, 0.4) is 0 Å². The van der Waals surface area contributed by atoms with Gasteiger partial charge < -0.3 is 14.4 Å². The van der Waals surface area contributed by atoms with E-state index < -0.39 is 0 Å². The Kier molecular flexibility index (Phi) is 4.86. The topological polar surface area (TPSA) is 84.5 Å². The third kappa shape index (κ3) is 3.63. The number of benzene rings is 2. The minimum Gasteiger partial charge on any atom is -0.493 e. The van der Waals surface area contributed by atoms with Gasteiger partial charge in [0.05, 0.1) is 23.7 Å². The van der Waals surface area contributed by atoms with Crippen LogP contribution in [-0.2, 0) is 11.2 Å². The number of nitrogens with zero attached hydrogens (tertiary/aromatic N) is 2. The van der Waals surface area contributed by atoms with Gasteiger partial charge in [0.25, 0.3) is 5.91 Å². The van der Waals surface area contributed by atoms with Crippen LogP contribution >= 0.6 is 0 Å². The number of ketones is 1. The molecule has 1 fully saturated rings. The van der Waals surface area contributed by atoms with Gasteiger partial charge in [0.15, 0.2) is 5.78 Å². The number of aromatic amines is 1. The highest BCUT2D eigenvalue weighted by Crippen LogP contribution is 2.28. The Balaban J connectivity index is 1.18. The Hall–Kier alpha value is -3.35. The largest absolute Gasteiger partial charge is 0.493 e. The average Bonchev–Trinajstić information content (AvgIpc) is 3.26. The summed E-state index contributed by atoms with van der Waals surface area (Å²) in [6.07, 6.45) is 3.92. The molecular formula is C23H23N3O4. The van der Waals surface area contributed by atoms with Crippen molar-refractivity contribution in [1.82, 2.24) is 15.1 Å². The van der Waals surface area contributed by atoms with Crippen molar-refractivity contribution >= 4 is 22.6 Å². The van der Waals surface area contributed by atoms with Crippen molar-refractivity contribution in [3.63, 3.8) is 0 Å². The molecule has 1 aromatic heterocycles. The van der Waals surface area contributed by atoms with Crippen LogP contribution in [0.2, 0.25) is 0 Å². The van der Waals surface area contributed by atoms with E-state index in [1.165, 1.54) is 0 Å². The molecule has 0 bridgehead atoms. The van der Waals surface area contributed by atoms with Crippen LogP contribution in [0.15, 0.2) is 42.6 Å². The van der Waals surface area contributed by atoms with E-state index in [1.807, 2.05) is 23.1 Å². The van der Waals surface area contributed by atoms with Crippen LogP contribution in [0.5, 0.6) is 11.5 Å². The standard InChI is InChI=1S/C23H23N3O4/c27-18-11-17-10-16(4-5-21(17)30-14-18)23(28)26-8-6-15(7-9-26)13-29-22-3-1-2-20-19(22)12-24-25-20/h1-5,10,12,15H,6-9,11,13-14H2,(H,24,25). The molecule has 1 amide bonds. The molecule has 5 rings (SSSR count). The van der Waals surface area contributed by atoms with E-state index in [1.54, 1.807) is 24.4 Å². The zero-order valence-electron chi connectivity index (χ0n) is 16.6. The van der Waals surface area contributed by atoms with Crippen LogP contribution in [0, 0.1) is 5.92 Å². The number of hydrogen-bond acceptors (Lipinski definition) is 5. The lowest BCUT2D eigenvalue weighted by molar-refractivity contribution is -0.121. The minimum absolute atomic E-state index is 0.0124. The third-order valence-electron chi connectivity index (χ3n) is 5.90. The van der Waals surface area contributed by atoms with E-state index >= 15 is 0 Å². The van der Waals surface area contributed by atoms with E-state index in [0.717, 1.165) is 35.1 Å². The fourth-order valence-electron chi connectivity index (χ4n) is 4.17. The van der Waals surface area contributed by atoms with Gasteiger partial charge in [0.2, 0.25) is 0 Å². The molecule has 3 heterocycles. The quantitative estimate of drug-likeness (QED) is 0.721. The van der Waals surface area contributed by atoms with E-state index in [2.05, 4.69) is 10.2 Å². The third-order valence-corrected chi connectivity index (χ3v) is 5.90. The minimum atomic E-state index is 0.0124. The van der Waals surface area contributed by atoms with Crippen molar-refractivity contribution in [2.45, 2.75) is 19.3 Å². The lowest BCUT2D eigenvalue weighted by Crippen LogP contribution is -2.39. The smallest absolute Gasteiger partial charge is 0.253 e. The highest BCUT2D eigenvalue weighted by atomic mass is 16.5. The first-order valence-electron chi connectivity index (χ1n) is 10.3. The molecule has 0 unspecified atom stereocenters. The fraction of sp³-hybridized carbons (Fsp3) is 0.348. The van der Waals surface area contributed by atoms with Gasteiger partial charge in [-0.3, -0.25) is 14.7 Å². The molecule has 2 aromatic carbocycles. The normalized spacial score (nSPS) is 16.9. The maximum atomic E-state index is 12.9. The average molecular weight is 405 g/mol. The number of ether oxygens (including phenoxy) is 2. The van der Waals surface area contributed by atoms with Gasteiger partial charge in [0.1, 0.15) is 18.1 Å². The number of rotatable bonds is 4. The highest BCUT2D eigenvalue weighted by molar-refractivity contribution is 5.95. The number of piperidine rings is 1. The highest BCUT2D eigenvalue weighted by Gasteiger charge is 2.26. The Morgan fingerprint density at radius 1 is 1.23 bits per heavy atom. The number of H-pyrrole nitrogens is 1. The summed E-state index contributed by atoms with van der Waals surface area (Å²) in [6, 6.07) is 11.3. The van der Waals surface area contributed by atoms with E-state index in [4.69, 9.17) is 9.47 Å². The zero-order chi connectivity index (χ0) is 20.5. The lowest BCUT2D eigenvalue weighted by Gasteiger charge is -2.32. The first-order chi connectivity index (χ1) is 14.7. The van der Waals surface area contributed by atoms with E-state index in [-0.39, 0.29) is 18.3 Å². The number of hydrogen-bond donors (Lipinski definition) is 1. The molecule has 30 heavy (non-hydrogen) atoms. The lowest BCUT2D eigenvalue weighted by atomic mass is 9.96. The van der Waals surface area contributed by atoms with Crippen molar-refractivity contribution in [3.05, 3.63) is 53.7 Å². The number of Topliss-reactive ketones (excluding diaryl/α,β-unsaturated/α-hetero) is 1. The van der Waals surface area contributed by atoms with Gasteiger partial charge in [-0.15, -0.1) is 0 Å². The first kappa shape index (κ1) is 18.7. The molecule has 154 valence electrons. The number of likely N-dealkylation sites (tertiary alicyclic amines) is 1. The second-order valence-electron chi connectivity index (χ2n) is 7.96. The Morgan fingerprint density at radius 2 is 2.10 bits per heavy atom. The van der Waals surface area contributed by atoms with Crippen LogP contribution in [-0.4, -0.2) is 53.1 Å². The van der Waals surface area contributed by atoms with Crippen molar-refractivity contribution in [3.8, 4) is 11.5 Å². The SMILES string of the molecule is O=C1COc2ccc(C(=O)N3CCC(COc4cccc5[nH]ncc45)CC3)cc2C1. The van der Waals surface area contributed by atoms with Crippen molar-refractivity contribution in [1.29, 1.82) is 0 Å². The maximum Gasteiger partial charge on any atom is 0.253 e. The molecule has 0 atom stereocenters. The van der Waals surface area contributed by atoms with Crippen molar-refractivity contribution in [2.24, 2.45) is 5.92 Å². The van der Waals surface area contributed by atoms with Gasteiger partial charge in [0, 0.05) is 30.6 Å². The fourth-order valence-corrected chi connectivity index (χ4v) is 4.17. The Morgan fingerprint density at radius 3 is 2.97 bits per heavy atom. The van der Waals surface area contributed by atoms with Crippen LogP contribution in [0.25, 0.3) is 10.9 Å². The van der Waals surface area contributed by atoms with Gasteiger partial charge in [-0.05, 0) is 49.1 Å². The van der Waals surface area contributed by atoms with Crippen molar-refractivity contribution in [2.75, 3.05) is 26.3 Å². The Bertz CT molecular complexity index is 1100. The summed E-state index contributed by atoms with van der Waals surface area (Å²) in [5, 5.41) is 8.01. The maximum absolute atomic E-state index is 12.9. The summed E-state index contributed by atoms with van der Waals surface area (Å²) < 4.78 is 11.5. The summed E-state index contributed by atoms with van der Waals surface area (Å²) >= 11 is 0. The van der Waals surface area contributed by atoms with Crippen LogP contribution in [0.1, 0.15) is 28.8 Å². The second kappa shape index (κ2) is 7.82. The summed E-state index contributed by atoms with van der Waals surface area (Å²) in [5.74, 6) is 2.00. The summed E-state index contributed by atoms with van der Waals surface area (Å²) in [5.41, 5.74) is 2.38. The van der Waals surface area contributed by atoms with Crippen molar-refractivity contribution < 1.29 is 19.1 Å². The summed E-state index contributed by atoms with van der Waals surface area (Å²) in [7, 11) is 0. The molecule has 1 N–H and O–H groups in total. The predicted molar refractivity (Wildman–Crippen MR) is 111 cm³/mol. The molecular weight excluding hydrogens is 382 g/mol. The molecule has 0 aliphatic carbocycles. The molecule has 2 aliphatic heterocycles. The number of aromatic nitrogens is 2. The number of carbonyl (C=O) groups is 2. The van der Waals surface area contributed by atoms with Gasteiger partial charge in [-0.2, -0.15) is 5.10 Å². The number of nitrogens with one attached hydrogen (secondary N) is 1. The molecule has 2 aliphatic rings. The van der Waals surface area contributed by atoms with E-state index in [0.29, 0.717) is 43.3 Å². The van der Waals surface area contributed by atoms with Gasteiger partial charge in [-0.25, -0.2) is 0 Å². The summed E-state index contributed by atoms with van der Waals surface area (Å²) in [4.78, 5) is 26.4. The molecule has 3 aromatic rings. The second-order valence-corrected chi connectivity index (χ2v) is 7.96. The molecule has 0 saturated carbocycles. The van der Waals surface area contributed by atoms with Gasteiger partial charge in [-0.1, -0.05) is 6.07 Å². The monoisotopic (exact) mass is 405 g/mol. The van der Waals surface area contributed by atoms with Gasteiger partial charge >= 0.3 is 0 Å². The molecule has 7 nitrogen and oxygen atoms in total. The van der Waals surface area contributed by atoms with E-state index in [9.17, 15) is 9.59 Å². The number of amides is 1. The summed E-state index contributed by atoms with van der Waals surface area (Å²) in [6.45, 7) is 2.15. The van der Waals surface area contributed by atoms with Crippen LogP contribution < -0.4 is 9.47 Å². The molecule has 7 heteroatoms. The predicted octanol–water partition coefficient (Wildman–Crippen LogP) is 3.00. The number of carbonyl (C=O) groups excluding carboxylic acids is 2.